The molecule has 8 nitrogen and oxygen atoms in total. The van der Waals surface area contributed by atoms with Crippen molar-refractivity contribution in [3.63, 3.8) is 0 Å². The third-order valence-electron chi connectivity index (χ3n) is 8.65. The van der Waals surface area contributed by atoms with Crippen molar-refractivity contribution in [3.05, 3.63) is 35.5 Å². The molecular formula is C33H54N4O4S2. The summed E-state index contributed by atoms with van der Waals surface area (Å²) in [5.41, 5.74) is 7.25. The van der Waals surface area contributed by atoms with Gasteiger partial charge in [-0.2, -0.15) is 0 Å². The van der Waals surface area contributed by atoms with Crippen molar-refractivity contribution >= 4 is 27.3 Å². The van der Waals surface area contributed by atoms with E-state index in [1.807, 2.05) is 30.3 Å². The Labute approximate surface area is 263 Å². The van der Waals surface area contributed by atoms with E-state index in [1.54, 1.807) is 19.9 Å². The molecule has 0 saturated heterocycles. The van der Waals surface area contributed by atoms with Crippen LogP contribution >= 0.6 is 0 Å². The zero-order valence-electron chi connectivity index (χ0n) is 28.0. The molecule has 43 heavy (non-hydrogen) atoms. The molecule has 1 aromatic carbocycles. The highest BCUT2D eigenvalue weighted by Crippen LogP contribution is 2.38. The molecule has 1 unspecified atom stereocenters. The predicted molar refractivity (Wildman–Crippen MR) is 177 cm³/mol. The molecule has 3 rings (SSSR count). The van der Waals surface area contributed by atoms with Crippen LogP contribution in [0.4, 0.5) is 0 Å². The summed E-state index contributed by atoms with van der Waals surface area (Å²) in [5, 5.41) is 0. The number of hydrogen-bond donors (Lipinski definition) is 2. The first kappa shape index (κ1) is 35.6. The Kier molecular flexibility index (Phi) is 11.0. The molecule has 3 N–H and O–H groups in total. The van der Waals surface area contributed by atoms with Crippen LogP contribution in [0.15, 0.2) is 34.1 Å². The van der Waals surface area contributed by atoms with E-state index < -0.39 is 32.7 Å². The van der Waals surface area contributed by atoms with E-state index in [4.69, 9.17) is 5.73 Å². The Balaban J connectivity index is 2.18. The summed E-state index contributed by atoms with van der Waals surface area (Å²) in [7, 11) is -3.93. The van der Waals surface area contributed by atoms with Gasteiger partial charge in [0.15, 0.2) is 4.90 Å². The van der Waals surface area contributed by atoms with Crippen molar-refractivity contribution in [3.8, 4) is 11.3 Å². The van der Waals surface area contributed by atoms with Gasteiger partial charge in [0.05, 0.1) is 22.3 Å². The largest absolute Gasteiger partial charge is 0.593 e. The molecule has 1 atom stereocenters. The fourth-order valence-electron chi connectivity index (χ4n) is 5.82. The number of benzene rings is 1. The Hall–Kier alpha value is -1.85. The maximum absolute atomic E-state index is 14.0. The number of aromatic nitrogens is 1. The van der Waals surface area contributed by atoms with Gasteiger partial charge in [0.1, 0.15) is 4.90 Å². The van der Waals surface area contributed by atoms with E-state index in [-0.39, 0.29) is 22.4 Å². The highest BCUT2D eigenvalue weighted by Gasteiger charge is 2.36. The highest BCUT2D eigenvalue weighted by atomic mass is 32.2. The number of nitrogens with zero attached hydrogens (tertiary/aromatic N) is 2. The SMILES string of the molecule is CCN([S+]([O-])c1ccc(-c2cc(S(=O)(=O)NCC(C)(C)C(N)=O)c(C)n2CC2CCCCC2)cc1C(C)(C)C)C(C)(C)C. The van der Waals surface area contributed by atoms with Gasteiger partial charge in [0.25, 0.3) is 0 Å². The lowest BCUT2D eigenvalue weighted by molar-refractivity contribution is -0.125. The second-order valence-corrected chi connectivity index (χ2v) is 17.9. The number of nitrogens with one attached hydrogen (secondary N) is 1. The summed E-state index contributed by atoms with van der Waals surface area (Å²) >= 11 is -1.37. The number of amides is 1. The second-order valence-electron chi connectivity index (χ2n) is 14.7. The van der Waals surface area contributed by atoms with Crippen molar-refractivity contribution < 1.29 is 17.8 Å². The Morgan fingerprint density at radius 1 is 1.07 bits per heavy atom. The monoisotopic (exact) mass is 634 g/mol. The normalized spacial score (nSPS) is 16.6. The van der Waals surface area contributed by atoms with Crippen molar-refractivity contribution in [1.29, 1.82) is 0 Å². The maximum Gasteiger partial charge on any atom is 0.242 e. The quantitative estimate of drug-likeness (QED) is 0.282. The lowest BCUT2D eigenvalue weighted by Crippen LogP contribution is -2.45. The van der Waals surface area contributed by atoms with Gasteiger partial charge in [0.2, 0.25) is 15.9 Å². The van der Waals surface area contributed by atoms with Crippen LogP contribution in [-0.2, 0) is 38.1 Å². The number of primary amides is 1. The number of sulfonamides is 1. The number of rotatable bonds is 11. The Bertz CT molecular complexity index is 1400. The molecule has 0 radical (unpaired) electrons. The van der Waals surface area contributed by atoms with Gasteiger partial charge in [-0.1, -0.05) is 40.0 Å². The zero-order valence-corrected chi connectivity index (χ0v) is 29.6. The van der Waals surface area contributed by atoms with Crippen molar-refractivity contribution in [1.82, 2.24) is 13.6 Å². The van der Waals surface area contributed by atoms with E-state index in [9.17, 15) is 17.8 Å². The standard InChI is InChI=1S/C33H54N4O4S2/c1-11-37(32(6,7)8)42(39)28-18-17-25(19-26(28)31(3,4)5)27-20-29(43(40,41)35-22-33(9,10)30(34)38)23(2)36(27)21-24-15-13-12-14-16-24/h17-20,24,35H,11-16,21-22H2,1-10H3,(H2,34,38). The predicted octanol–water partition coefficient (Wildman–Crippen LogP) is 6.27. The first-order chi connectivity index (χ1) is 19.7. The maximum atomic E-state index is 14.0. The van der Waals surface area contributed by atoms with Crippen LogP contribution in [0.1, 0.15) is 106 Å². The van der Waals surface area contributed by atoms with E-state index in [2.05, 4.69) is 56.9 Å². The summed E-state index contributed by atoms with van der Waals surface area (Å²) in [5.74, 6) is -0.0996. The lowest BCUT2D eigenvalue weighted by atomic mass is 9.85. The zero-order chi connectivity index (χ0) is 32.5. The molecule has 10 heteroatoms. The Morgan fingerprint density at radius 3 is 2.19 bits per heavy atom. The number of carbonyl (C=O) groups excluding carboxylic acids is 1. The van der Waals surface area contributed by atoms with Crippen LogP contribution < -0.4 is 10.5 Å². The molecule has 0 aliphatic heterocycles. The van der Waals surface area contributed by atoms with Crippen molar-refractivity contribution in [2.75, 3.05) is 13.1 Å². The van der Waals surface area contributed by atoms with Crippen LogP contribution in [0, 0.1) is 18.3 Å². The molecular weight excluding hydrogens is 581 g/mol. The molecule has 1 heterocycles. The van der Waals surface area contributed by atoms with Gasteiger partial charge in [0, 0.05) is 36.6 Å². The van der Waals surface area contributed by atoms with Crippen molar-refractivity contribution in [2.45, 2.75) is 129 Å². The number of hydrogen-bond acceptors (Lipinski definition) is 5. The van der Waals surface area contributed by atoms with Crippen LogP contribution in [0.25, 0.3) is 11.3 Å². The molecule has 1 aliphatic rings. The third-order valence-corrected chi connectivity index (χ3v) is 12.1. The van der Waals surface area contributed by atoms with Crippen LogP contribution in [-0.4, -0.2) is 46.4 Å². The molecule has 0 spiro atoms. The highest BCUT2D eigenvalue weighted by molar-refractivity contribution is 7.89. The molecule has 1 aliphatic carbocycles. The molecule has 1 saturated carbocycles. The molecule has 242 valence electrons. The van der Waals surface area contributed by atoms with Gasteiger partial charge >= 0.3 is 0 Å². The summed E-state index contributed by atoms with van der Waals surface area (Å²) in [4.78, 5) is 12.8. The van der Waals surface area contributed by atoms with E-state index >= 15 is 0 Å². The Morgan fingerprint density at radius 2 is 1.67 bits per heavy atom. The van der Waals surface area contributed by atoms with Gasteiger partial charge < -0.3 is 14.9 Å². The molecule has 1 aromatic heterocycles. The van der Waals surface area contributed by atoms with Crippen LogP contribution in [0.5, 0.6) is 0 Å². The van der Waals surface area contributed by atoms with Crippen LogP contribution in [0.3, 0.4) is 0 Å². The smallest absolute Gasteiger partial charge is 0.242 e. The van der Waals surface area contributed by atoms with E-state index in [0.717, 1.165) is 41.1 Å². The van der Waals surface area contributed by atoms with E-state index in [1.165, 1.54) is 19.3 Å². The minimum Gasteiger partial charge on any atom is -0.593 e. The first-order valence-corrected chi connectivity index (χ1v) is 18.1. The number of nitrogens with two attached hydrogens (primary N) is 1. The molecule has 1 fully saturated rings. The fraction of sp³-hybridized carbons (Fsp3) is 0.667. The lowest BCUT2D eigenvalue weighted by Gasteiger charge is -2.35. The summed E-state index contributed by atoms with van der Waals surface area (Å²) in [6, 6.07) is 7.78. The fourth-order valence-corrected chi connectivity index (χ4v) is 9.00. The summed E-state index contributed by atoms with van der Waals surface area (Å²) < 4.78 is 48.1. The van der Waals surface area contributed by atoms with Gasteiger partial charge in [-0.3, -0.25) is 4.79 Å². The van der Waals surface area contributed by atoms with Gasteiger partial charge in [-0.25, -0.2) is 13.1 Å². The minimum atomic E-state index is -3.93. The first-order valence-electron chi connectivity index (χ1n) is 15.5. The second kappa shape index (κ2) is 13.3. The average molecular weight is 635 g/mol. The molecule has 2 aromatic rings. The third kappa shape index (κ3) is 8.25. The van der Waals surface area contributed by atoms with Crippen LogP contribution in [0.2, 0.25) is 0 Å². The van der Waals surface area contributed by atoms with Gasteiger partial charge in [-0.15, -0.1) is 4.31 Å². The number of carbonyl (C=O) groups is 1. The average Bonchev–Trinajstić information content (AvgIpc) is 3.23. The summed E-state index contributed by atoms with van der Waals surface area (Å²) in [6.07, 6.45) is 5.85. The molecule has 1 amide bonds. The summed E-state index contributed by atoms with van der Waals surface area (Å²) in [6.45, 7) is 21.0. The molecule has 0 bridgehead atoms. The van der Waals surface area contributed by atoms with Gasteiger partial charge in [-0.05, 0) is 102 Å². The minimum absolute atomic E-state index is 0.0936. The topological polar surface area (TPSA) is 120 Å². The van der Waals surface area contributed by atoms with Crippen molar-refractivity contribution in [2.24, 2.45) is 17.1 Å². The van der Waals surface area contributed by atoms with E-state index in [0.29, 0.717) is 18.2 Å².